The zero-order chi connectivity index (χ0) is 13.9. The SMILES string of the molecule is CC(=O)NCc1ccc(-c2noc([C@@H]3CCCO3)n2)s1. The van der Waals surface area contributed by atoms with Crippen molar-refractivity contribution in [2.45, 2.75) is 32.4 Å². The summed E-state index contributed by atoms with van der Waals surface area (Å²) in [6, 6.07) is 3.89. The highest BCUT2D eigenvalue weighted by Gasteiger charge is 2.24. The molecule has 0 aromatic carbocycles. The number of thiophene rings is 1. The molecule has 1 aliphatic heterocycles. The Hall–Kier alpha value is -1.73. The molecule has 0 aliphatic carbocycles. The van der Waals surface area contributed by atoms with Gasteiger partial charge in [0.25, 0.3) is 5.89 Å². The molecule has 7 heteroatoms. The number of aromatic nitrogens is 2. The second kappa shape index (κ2) is 5.72. The van der Waals surface area contributed by atoms with E-state index in [9.17, 15) is 4.79 Å². The molecule has 3 heterocycles. The molecular weight excluding hydrogens is 278 g/mol. The second-order valence-electron chi connectivity index (χ2n) is 4.63. The molecule has 20 heavy (non-hydrogen) atoms. The lowest BCUT2D eigenvalue weighted by atomic mass is 10.2. The number of carbonyl (C=O) groups excluding carboxylic acids is 1. The number of nitrogens with one attached hydrogen (secondary N) is 1. The lowest BCUT2D eigenvalue weighted by Gasteiger charge is -2.00. The van der Waals surface area contributed by atoms with Crippen molar-refractivity contribution < 1.29 is 14.1 Å². The highest BCUT2D eigenvalue weighted by molar-refractivity contribution is 7.15. The zero-order valence-corrected chi connectivity index (χ0v) is 11.9. The van der Waals surface area contributed by atoms with Crippen molar-refractivity contribution in [2.75, 3.05) is 6.61 Å². The molecule has 0 bridgehead atoms. The third-order valence-corrected chi connectivity index (χ3v) is 4.12. The third-order valence-electron chi connectivity index (χ3n) is 3.04. The Kier molecular flexibility index (Phi) is 3.79. The number of rotatable bonds is 4. The largest absolute Gasteiger partial charge is 0.368 e. The van der Waals surface area contributed by atoms with Crippen molar-refractivity contribution in [1.29, 1.82) is 0 Å². The van der Waals surface area contributed by atoms with Gasteiger partial charge in [0, 0.05) is 18.4 Å². The van der Waals surface area contributed by atoms with Crippen LogP contribution in [-0.4, -0.2) is 22.7 Å². The quantitative estimate of drug-likeness (QED) is 0.935. The predicted molar refractivity (Wildman–Crippen MR) is 73.1 cm³/mol. The molecule has 1 saturated heterocycles. The first kappa shape index (κ1) is 13.3. The van der Waals surface area contributed by atoms with Crippen LogP contribution in [0.5, 0.6) is 0 Å². The Balaban J connectivity index is 1.71. The van der Waals surface area contributed by atoms with Gasteiger partial charge in [0.05, 0.1) is 11.4 Å². The molecule has 1 aliphatic rings. The van der Waals surface area contributed by atoms with Crippen LogP contribution in [0.25, 0.3) is 10.7 Å². The first-order chi connectivity index (χ1) is 9.72. The van der Waals surface area contributed by atoms with Crippen LogP contribution < -0.4 is 5.32 Å². The van der Waals surface area contributed by atoms with Crippen molar-refractivity contribution >= 4 is 17.2 Å². The van der Waals surface area contributed by atoms with Crippen molar-refractivity contribution in [3.8, 4) is 10.7 Å². The monoisotopic (exact) mass is 293 g/mol. The molecule has 3 rings (SSSR count). The zero-order valence-electron chi connectivity index (χ0n) is 11.1. The molecular formula is C13H15N3O3S. The summed E-state index contributed by atoms with van der Waals surface area (Å²) in [6.07, 6.45) is 1.90. The van der Waals surface area contributed by atoms with Crippen molar-refractivity contribution in [3.05, 3.63) is 22.9 Å². The molecule has 0 unspecified atom stereocenters. The lowest BCUT2D eigenvalue weighted by molar-refractivity contribution is -0.119. The molecule has 0 saturated carbocycles. The lowest BCUT2D eigenvalue weighted by Crippen LogP contribution is -2.17. The van der Waals surface area contributed by atoms with E-state index in [0.717, 1.165) is 29.2 Å². The maximum Gasteiger partial charge on any atom is 0.256 e. The Labute approximate surface area is 120 Å². The van der Waals surface area contributed by atoms with E-state index in [1.165, 1.54) is 6.92 Å². The number of hydrogen-bond acceptors (Lipinski definition) is 6. The standard InChI is InChI=1S/C13H15N3O3S/c1-8(17)14-7-9-4-5-11(20-9)12-15-13(19-16-12)10-3-2-6-18-10/h4-5,10H,2-3,6-7H2,1H3,(H,14,17)/t10-/m0/s1. The van der Waals surface area contributed by atoms with E-state index in [2.05, 4.69) is 15.5 Å². The molecule has 1 amide bonds. The molecule has 106 valence electrons. The van der Waals surface area contributed by atoms with Gasteiger partial charge in [0.2, 0.25) is 11.7 Å². The molecule has 2 aromatic heterocycles. The van der Waals surface area contributed by atoms with Gasteiger partial charge in [0.15, 0.2) is 0 Å². The van der Waals surface area contributed by atoms with E-state index in [-0.39, 0.29) is 12.0 Å². The first-order valence-electron chi connectivity index (χ1n) is 6.51. The fourth-order valence-corrected chi connectivity index (χ4v) is 2.92. The van der Waals surface area contributed by atoms with Gasteiger partial charge in [-0.2, -0.15) is 4.98 Å². The Bertz CT molecular complexity index is 602. The van der Waals surface area contributed by atoms with E-state index >= 15 is 0 Å². The summed E-state index contributed by atoms with van der Waals surface area (Å²) in [6.45, 7) is 2.78. The Morgan fingerprint density at radius 2 is 2.45 bits per heavy atom. The van der Waals surface area contributed by atoms with E-state index in [1.54, 1.807) is 11.3 Å². The van der Waals surface area contributed by atoms with Crippen LogP contribution in [-0.2, 0) is 16.1 Å². The minimum Gasteiger partial charge on any atom is -0.368 e. The topological polar surface area (TPSA) is 77.2 Å². The Morgan fingerprint density at radius 3 is 3.20 bits per heavy atom. The summed E-state index contributed by atoms with van der Waals surface area (Å²) in [4.78, 5) is 17.3. The summed E-state index contributed by atoms with van der Waals surface area (Å²) in [5, 5.41) is 6.76. The van der Waals surface area contributed by atoms with Crippen molar-refractivity contribution in [3.63, 3.8) is 0 Å². The molecule has 0 spiro atoms. The van der Waals surface area contributed by atoms with Gasteiger partial charge in [-0.3, -0.25) is 4.79 Å². The van der Waals surface area contributed by atoms with Gasteiger partial charge in [-0.25, -0.2) is 0 Å². The fourth-order valence-electron chi connectivity index (χ4n) is 2.04. The number of carbonyl (C=O) groups is 1. The number of ether oxygens (including phenoxy) is 1. The minimum atomic E-state index is -0.0601. The number of hydrogen-bond donors (Lipinski definition) is 1. The summed E-state index contributed by atoms with van der Waals surface area (Å²) in [5.74, 6) is 1.09. The van der Waals surface area contributed by atoms with E-state index in [1.807, 2.05) is 12.1 Å². The van der Waals surface area contributed by atoms with Crippen LogP contribution in [0.2, 0.25) is 0 Å². The highest BCUT2D eigenvalue weighted by Crippen LogP contribution is 2.30. The van der Waals surface area contributed by atoms with Crippen LogP contribution in [0.1, 0.15) is 36.6 Å². The Morgan fingerprint density at radius 1 is 1.55 bits per heavy atom. The molecule has 1 N–H and O–H groups in total. The number of nitrogens with zero attached hydrogens (tertiary/aromatic N) is 2. The maximum absolute atomic E-state index is 10.9. The van der Waals surface area contributed by atoms with Gasteiger partial charge < -0.3 is 14.6 Å². The minimum absolute atomic E-state index is 0.0415. The summed E-state index contributed by atoms with van der Waals surface area (Å²) in [7, 11) is 0. The van der Waals surface area contributed by atoms with Crippen LogP contribution >= 0.6 is 11.3 Å². The molecule has 6 nitrogen and oxygen atoms in total. The highest BCUT2D eigenvalue weighted by atomic mass is 32.1. The maximum atomic E-state index is 10.9. The molecule has 0 radical (unpaired) electrons. The van der Waals surface area contributed by atoms with E-state index in [0.29, 0.717) is 18.3 Å². The average Bonchev–Trinajstić information content (AvgIpc) is 3.15. The van der Waals surface area contributed by atoms with Gasteiger partial charge in [-0.15, -0.1) is 11.3 Å². The van der Waals surface area contributed by atoms with Gasteiger partial charge in [0.1, 0.15) is 6.10 Å². The summed E-state index contributed by atoms with van der Waals surface area (Å²) < 4.78 is 10.8. The van der Waals surface area contributed by atoms with Gasteiger partial charge >= 0.3 is 0 Å². The smallest absolute Gasteiger partial charge is 0.256 e. The predicted octanol–water partition coefficient (Wildman–Crippen LogP) is 2.29. The third kappa shape index (κ3) is 2.88. The van der Waals surface area contributed by atoms with E-state index < -0.39 is 0 Å². The average molecular weight is 293 g/mol. The molecule has 1 fully saturated rings. The van der Waals surface area contributed by atoms with Crippen LogP contribution in [0.4, 0.5) is 0 Å². The van der Waals surface area contributed by atoms with E-state index in [4.69, 9.17) is 9.26 Å². The van der Waals surface area contributed by atoms with Crippen molar-refractivity contribution in [2.24, 2.45) is 0 Å². The van der Waals surface area contributed by atoms with Crippen molar-refractivity contribution in [1.82, 2.24) is 15.5 Å². The summed E-state index contributed by atoms with van der Waals surface area (Å²) >= 11 is 1.54. The fraction of sp³-hybridized carbons (Fsp3) is 0.462. The van der Waals surface area contributed by atoms with Gasteiger partial charge in [-0.05, 0) is 25.0 Å². The number of amides is 1. The van der Waals surface area contributed by atoms with Crippen LogP contribution in [0, 0.1) is 0 Å². The molecule has 1 atom stereocenters. The second-order valence-corrected chi connectivity index (χ2v) is 5.80. The van der Waals surface area contributed by atoms with Gasteiger partial charge in [-0.1, -0.05) is 5.16 Å². The normalized spacial score (nSPS) is 18.4. The first-order valence-corrected chi connectivity index (χ1v) is 7.33. The van der Waals surface area contributed by atoms with Crippen LogP contribution in [0.15, 0.2) is 16.7 Å². The van der Waals surface area contributed by atoms with Crippen LogP contribution in [0.3, 0.4) is 0 Å². The summed E-state index contributed by atoms with van der Waals surface area (Å²) in [5.41, 5.74) is 0. The molecule has 2 aromatic rings.